The van der Waals surface area contributed by atoms with Gasteiger partial charge >= 0.3 is 0 Å². The Morgan fingerprint density at radius 3 is 3.06 bits per heavy atom. The van der Waals surface area contributed by atoms with Crippen molar-refractivity contribution in [3.63, 3.8) is 0 Å². The molecule has 0 aromatic carbocycles. The second kappa shape index (κ2) is 6.17. The van der Waals surface area contributed by atoms with E-state index < -0.39 is 11.7 Å². The maximum Gasteiger partial charge on any atom is 0.254 e. The molecule has 0 spiro atoms. The van der Waals surface area contributed by atoms with Crippen molar-refractivity contribution in [1.29, 1.82) is 0 Å². The Morgan fingerprint density at radius 2 is 2.44 bits per heavy atom. The van der Waals surface area contributed by atoms with E-state index in [0.717, 1.165) is 6.20 Å². The molecule has 0 bridgehead atoms. The van der Waals surface area contributed by atoms with Crippen molar-refractivity contribution in [2.24, 2.45) is 0 Å². The maximum absolute atomic E-state index is 13.2. The largest absolute Gasteiger partial charge is 0.380 e. The maximum atomic E-state index is 13.2. The minimum absolute atomic E-state index is 0.00153. The standard InChI is InChI=1S/C11H15FN2O2/c1-3-16-7-8(2)14-11(15)9-4-5-13-6-10(9)12/h4-6,8H,3,7H2,1-2H3,(H,14,15). The van der Waals surface area contributed by atoms with Gasteiger partial charge in [-0.1, -0.05) is 0 Å². The lowest BCUT2D eigenvalue weighted by atomic mass is 10.2. The number of pyridine rings is 1. The topological polar surface area (TPSA) is 51.2 Å². The van der Waals surface area contributed by atoms with Crippen molar-refractivity contribution in [2.75, 3.05) is 13.2 Å². The summed E-state index contributed by atoms with van der Waals surface area (Å²) in [5.41, 5.74) is -0.00153. The summed E-state index contributed by atoms with van der Waals surface area (Å²) in [4.78, 5) is 15.2. The van der Waals surface area contributed by atoms with Crippen LogP contribution in [-0.4, -0.2) is 30.1 Å². The SMILES string of the molecule is CCOCC(C)NC(=O)c1ccncc1F. The van der Waals surface area contributed by atoms with E-state index >= 15 is 0 Å². The molecule has 1 unspecified atom stereocenters. The molecule has 1 aromatic rings. The average molecular weight is 226 g/mol. The first-order chi connectivity index (χ1) is 7.65. The molecule has 16 heavy (non-hydrogen) atoms. The highest BCUT2D eigenvalue weighted by molar-refractivity contribution is 5.94. The summed E-state index contributed by atoms with van der Waals surface area (Å²) in [5, 5.41) is 2.64. The third-order valence-electron chi connectivity index (χ3n) is 1.97. The Balaban J connectivity index is 2.56. The Hall–Kier alpha value is -1.49. The second-order valence-electron chi connectivity index (χ2n) is 3.39. The van der Waals surface area contributed by atoms with Crippen molar-refractivity contribution < 1.29 is 13.9 Å². The van der Waals surface area contributed by atoms with E-state index in [4.69, 9.17) is 4.74 Å². The Kier molecular flexibility index (Phi) is 4.85. The lowest BCUT2D eigenvalue weighted by Gasteiger charge is -2.13. The van der Waals surface area contributed by atoms with E-state index in [1.165, 1.54) is 12.3 Å². The van der Waals surface area contributed by atoms with Crippen LogP contribution in [-0.2, 0) is 4.74 Å². The van der Waals surface area contributed by atoms with Gasteiger partial charge in [0.25, 0.3) is 5.91 Å². The number of carbonyl (C=O) groups excluding carboxylic acids is 1. The predicted molar refractivity (Wildman–Crippen MR) is 57.6 cm³/mol. The molecule has 0 saturated heterocycles. The lowest BCUT2D eigenvalue weighted by Crippen LogP contribution is -2.36. The van der Waals surface area contributed by atoms with E-state index in [0.29, 0.717) is 13.2 Å². The van der Waals surface area contributed by atoms with E-state index in [9.17, 15) is 9.18 Å². The molecule has 1 N–H and O–H groups in total. The van der Waals surface area contributed by atoms with Crippen molar-refractivity contribution in [3.05, 3.63) is 29.8 Å². The van der Waals surface area contributed by atoms with Crippen molar-refractivity contribution in [1.82, 2.24) is 10.3 Å². The smallest absolute Gasteiger partial charge is 0.254 e. The third kappa shape index (κ3) is 3.58. The fourth-order valence-electron chi connectivity index (χ4n) is 1.20. The van der Waals surface area contributed by atoms with Gasteiger partial charge in [-0.05, 0) is 19.9 Å². The average Bonchev–Trinajstić information content (AvgIpc) is 2.26. The van der Waals surface area contributed by atoms with Gasteiger partial charge in [-0.2, -0.15) is 0 Å². The summed E-state index contributed by atoms with van der Waals surface area (Å²) in [6.45, 7) is 4.67. The van der Waals surface area contributed by atoms with Crippen LogP contribution in [0.1, 0.15) is 24.2 Å². The van der Waals surface area contributed by atoms with Gasteiger partial charge in [-0.15, -0.1) is 0 Å². The number of hydrogen-bond donors (Lipinski definition) is 1. The molecule has 0 aliphatic carbocycles. The van der Waals surface area contributed by atoms with Crippen molar-refractivity contribution >= 4 is 5.91 Å². The van der Waals surface area contributed by atoms with E-state index in [-0.39, 0.29) is 11.6 Å². The van der Waals surface area contributed by atoms with Crippen LogP contribution in [0.2, 0.25) is 0 Å². The zero-order valence-electron chi connectivity index (χ0n) is 9.37. The van der Waals surface area contributed by atoms with Gasteiger partial charge in [-0.25, -0.2) is 4.39 Å². The monoisotopic (exact) mass is 226 g/mol. The van der Waals surface area contributed by atoms with Gasteiger partial charge in [-0.3, -0.25) is 9.78 Å². The molecule has 0 aliphatic rings. The first kappa shape index (κ1) is 12.6. The van der Waals surface area contributed by atoms with Gasteiger partial charge in [0.05, 0.1) is 18.4 Å². The number of hydrogen-bond acceptors (Lipinski definition) is 3. The Labute approximate surface area is 93.8 Å². The molecular weight excluding hydrogens is 211 g/mol. The molecule has 1 amide bonds. The number of ether oxygens (including phenoxy) is 1. The van der Waals surface area contributed by atoms with Gasteiger partial charge in [0.15, 0.2) is 5.82 Å². The summed E-state index contributed by atoms with van der Waals surface area (Å²) in [6, 6.07) is 1.19. The van der Waals surface area contributed by atoms with Gasteiger partial charge in [0.1, 0.15) is 0 Å². The second-order valence-corrected chi connectivity index (χ2v) is 3.39. The summed E-state index contributed by atoms with van der Waals surface area (Å²) in [5.74, 6) is -1.07. The fraction of sp³-hybridized carbons (Fsp3) is 0.455. The van der Waals surface area contributed by atoms with Crippen LogP contribution in [0.5, 0.6) is 0 Å². The van der Waals surface area contributed by atoms with E-state index in [1.54, 1.807) is 6.92 Å². The number of carbonyl (C=O) groups is 1. The minimum Gasteiger partial charge on any atom is -0.380 e. The molecule has 0 radical (unpaired) electrons. The van der Waals surface area contributed by atoms with E-state index in [1.807, 2.05) is 6.92 Å². The highest BCUT2D eigenvalue weighted by Gasteiger charge is 2.13. The highest BCUT2D eigenvalue weighted by Crippen LogP contribution is 2.04. The fourth-order valence-corrected chi connectivity index (χ4v) is 1.20. The molecule has 4 nitrogen and oxygen atoms in total. The lowest BCUT2D eigenvalue weighted by molar-refractivity contribution is 0.0868. The number of rotatable bonds is 5. The molecule has 1 rings (SSSR count). The summed E-state index contributed by atoms with van der Waals surface area (Å²) < 4.78 is 18.3. The molecule has 1 atom stereocenters. The van der Waals surface area contributed by atoms with E-state index in [2.05, 4.69) is 10.3 Å². The Bertz CT molecular complexity index is 358. The van der Waals surface area contributed by atoms with Gasteiger partial charge < -0.3 is 10.1 Å². The summed E-state index contributed by atoms with van der Waals surface area (Å²) in [7, 11) is 0. The zero-order valence-corrected chi connectivity index (χ0v) is 9.37. The minimum atomic E-state index is -0.622. The number of nitrogens with zero attached hydrogens (tertiary/aromatic N) is 1. The van der Waals surface area contributed by atoms with Crippen LogP contribution in [0, 0.1) is 5.82 Å². The predicted octanol–water partition coefficient (Wildman–Crippen LogP) is 1.38. The molecule has 0 fully saturated rings. The molecule has 1 heterocycles. The quantitative estimate of drug-likeness (QED) is 0.825. The van der Waals surface area contributed by atoms with Crippen LogP contribution in [0.15, 0.2) is 18.5 Å². The number of halogens is 1. The highest BCUT2D eigenvalue weighted by atomic mass is 19.1. The summed E-state index contributed by atoms with van der Waals surface area (Å²) in [6.07, 6.45) is 2.40. The van der Waals surface area contributed by atoms with Crippen molar-refractivity contribution in [3.8, 4) is 0 Å². The van der Waals surface area contributed by atoms with Crippen LogP contribution >= 0.6 is 0 Å². The van der Waals surface area contributed by atoms with Crippen LogP contribution in [0.4, 0.5) is 4.39 Å². The molecule has 0 aliphatic heterocycles. The van der Waals surface area contributed by atoms with Crippen LogP contribution < -0.4 is 5.32 Å². The Morgan fingerprint density at radius 1 is 1.69 bits per heavy atom. The zero-order chi connectivity index (χ0) is 12.0. The first-order valence-electron chi connectivity index (χ1n) is 5.13. The van der Waals surface area contributed by atoms with Gasteiger partial charge in [0, 0.05) is 18.8 Å². The molecule has 1 aromatic heterocycles. The van der Waals surface area contributed by atoms with Crippen LogP contribution in [0.25, 0.3) is 0 Å². The van der Waals surface area contributed by atoms with Gasteiger partial charge in [0.2, 0.25) is 0 Å². The normalized spacial score (nSPS) is 12.2. The molecular formula is C11H15FN2O2. The number of aromatic nitrogens is 1. The molecule has 0 saturated carbocycles. The first-order valence-corrected chi connectivity index (χ1v) is 5.13. The van der Waals surface area contributed by atoms with Crippen molar-refractivity contribution in [2.45, 2.75) is 19.9 Å². The van der Waals surface area contributed by atoms with Crippen LogP contribution in [0.3, 0.4) is 0 Å². The molecule has 88 valence electrons. The third-order valence-corrected chi connectivity index (χ3v) is 1.97. The number of amides is 1. The molecule has 5 heteroatoms. The summed E-state index contributed by atoms with van der Waals surface area (Å²) >= 11 is 0. The number of nitrogens with one attached hydrogen (secondary N) is 1.